The maximum Gasteiger partial charge on any atom is 0.328 e. The van der Waals surface area contributed by atoms with Crippen LogP contribution in [0.4, 0.5) is 5.69 Å². The zero-order valence-electron chi connectivity index (χ0n) is 11.3. The molecule has 0 atom stereocenters. The normalized spacial score (nSPS) is 10.4. The number of anilines is 1. The minimum absolute atomic E-state index is 0.494. The largest absolute Gasteiger partial charge is 0.478 e. The molecule has 4 heteroatoms. The molecule has 0 aliphatic heterocycles. The quantitative estimate of drug-likeness (QED) is 0.797. The lowest BCUT2D eigenvalue weighted by Crippen LogP contribution is -2.23. The molecule has 0 unspecified atom stereocenters. The number of benzene rings is 1. The summed E-state index contributed by atoms with van der Waals surface area (Å²) in [7, 11) is 0. The lowest BCUT2D eigenvalue weighted by molar-refractivity contribution is -0.131. The van der Waals surface area contributed by atoms with Crippen LogP contribution < -0.4 is 4.90 Å². The average molecular weight is 258 g/mol. The van der Waals surface area contributed by atoms with E-state index in [9.17, 15) is 4.79 Å². The van der Waals surface area contributed by atoms with Gasteiger partial charge in [-0.2, -0.15) is 5.26 Å². The first-order valence-electron chi connectivity index (χ1n) is 6.22. The van der Waals surface area contributed by atoms with Crippen molar-refractivity contribution in [1.82, 2.24) is 0 Å². The third-order valence-corrected chi connectivity index (χ3v) is 2.90. The van der Waals surface area contributed by atoms with E-state index < -0.39 is 5.97 Å². The van der Waals surface area contributed by atoms with Crippen molar-refractivity contribution in [2.75, 3.05) is 18.0 Å². The second-order valence-corrected chi connectivity index (χ2v) is 4.20. The van der Waals surface area contributed by atoms with Crippen LogP contribution in [0.3, 0.4) is 0 Å². The molecule has 0 aliphatic rings. The van der Waals surface area contributed by atoms with E-state index in [4.69, 9.17) is 10.4 Å². The maximum atomic E-state index is 10.5. The molecule has 4 nitrogen and oxygen atoms in total. The van der Waals surface area contributed by atoms with E-state index in [0.29, 0.717) is 13.0 Å². The van der Waals surface area contributed by atoms with Gasteiger partial charge >= 0.3 is 5.97 Å². The fraction of sp³-hybridized carbons (Fsp3) is 0.333. The third-order valence-electron chi connectivity index (χ3n) is 2.90. The van der Waals surface area contributed by atoms with Crippen molar-refractivity contribution in [2.45, 2.75) is 20.3 Å². The number of hydrogen-bond acceptors (Lipinski definition) is 3. The fourth-order valence-corrected chi connectivity index (χ4v) is 1.86. The minimum Gasteiger partial charge on any atom is -0.478 e. The molecule has 1 aromatic carbocycles. The number of aliphatic carboxylic acids is 1. The van der Waals surface area contributed by atoms with Gasteiger partial charge in [-0.1, -0.05) is 6.07 Å². The van der Waals surface area contributed by atoms with E-state index in [1.54, 1.807) is 6.08 Å². The van der Waals surface area contributed by atoms with Crippen molar-refractivity contribution >= 4 is 17.7 Å². The van der Waals surface area contributed by atoms with E-state index in [-0.39, 0.29) is 0 Å². The Hall–Kier alpha value is -2.28. The Bertz CT molecular complexity index is 515. The van der Waals surface area contributed by atoms with Crippen LogP contribution in [0.15, 0.2) is 24.3 Å². The number of nitriles is 1. The summed E-state index contributed by atoms with van der Waals surface area (Å²) in [5.41, 5.74) is 2.97. The molecule has 1 N–H and O–H groups in total. The topological polar surface area (TPSA) is 64.3 Å². The molecular weight excluding hydrogens is 240 g/mol. The van der Waals surface area contributed by atoms with E-state index in [0.717, 1.165) is 29.4 Å². The SMILES string of the molecule is CCN(CCC#N)c1ccc(/C=C/C(=O)O)c(C)c1. The summed E-state index contributed by atoms with van der Waals surface area (Å²) >= 11 is 0. The molecule has 0 aliphatic carbocycles. The van der Waals surface area contributed by atoms with Gasteiger partial charge in [0, 0.05) is 24.9 Å². The molecule has 1 aromatic rings. The van der Waals surface area contributed by atoms with Crippen LogP contribution >= 0.6 is 0 Å². The molecule has 100 valence electrons. The number of carboxylic acid groups (broad SMARTS) is 1. The van der Waals surface area contributed by atoms with Crippen LogP contribution in [0.5, 0.6) is 0 Å². The van der Waals surface area contributed by atoms with Gasteiger partial charge in [0.1, 0.15) is 0 Å². The van der Waals surface area contributed by atoms with Crippen LogP contribution in [0.25, 0.3) is 6.08 Å². The van der Waals surface area contributed by atoms with Crippen LogP contribution in [-0.2, 0) is 4.79 Å². The number of carbonyl (C=O) groups is 1. The van der Waals surface area contributed by atoms with Crippen LogP contribution in [0.2, 0.25) is 0 Å². The Morgan fingerprint density at radius 1 is 1.53 bits per heavy atom. The Morgan fingerprint density at radius 2 is 2.26 bits per heavy atom. The molecule has 0 radical (unpaired) electrons. The summed E-state index contributed by atoms with van der Waals surface area (Å²) in [6, 6.07) is 8.01. The summed E-state index contributed by atoms with van der Waals surface area (Å²) in [5, 5.41) is 17.3. The lowest BCUT2D eigenvalue weighted by atomic mass is 10.1. The van der Waals surface area contributed by atoms with Crippen molar-refractivity contribution in [3.8, 4) is 6.07 Å². The van der Waals surface area contributed by atoms with Crippen LogP contribution in [0.1, 0.15) is 24.5 Å². The highest BCUT2D eigenvalue weighted by molar-refractivity contribution is 5.85. The molecular formula is C15H18N2O2. The highest BCUT2D eigenvalue weighted by Crippen LogP contribution is 2.20. The summed E-state index contributed by atoms with van der Waals surface area (Å²) in [5.74, 6) is -0.951. The van der Waals surface area contributed by atoms with Crippen molar-refractivity contribution in [3.05, 3.63) is 35.4 Å². The molecule has 0 fully saturated rings. The van der Waals surface area contributed by atoms with Gasteiger partial charge in [-0.05, 0) is 43.2 Å². The zero-order chi connectivity index (χ0) is 14.3. The summed E-state index contributed by atoms with van der Waals surface area (Å²) in [6.45, 7) is 5.54. The lowest BCUT2D eigenvalue weighted by Gasteiger charge is -2.22. The van der Waals surface area contributed by atoms with Gasteiger partial charge in [-0.3, -0.25) is 0 Å². The molecule has 0 amide bonds. The molecule has 0 bridgehead atoms. The van der Waals surface area contributed by atoms with Crippen molar-refractivity contribution < 1.29 is 9.90 Å². The Labute approximate surface area is 113 Å². The number of carboxylic acids is 1. The van der Waals surface area contributed by atoms with E-state index in [1.807, 2.05) is 32.0 Å². The average Bonchev–Trinajstić information content (AvgIpc) is 2.38. The number of aryl methyl sites for hydroxylation is 1. The predicted molar refractivity (Wildman–Crippen MR) is 76.0 cm³/mol. The van der Waals surface area contributed by atoms with Crippen LogP contribution in [0, 0.1) is 18.3 Å². The van der Waals surface area contributed by atoms with E-state index in [2.05, 4.69) is 11.0 Å². The van der Waals surface area contributed by atoms with Crippen LogP contribution in [-0.4, -0.2) is 24.2 Å². The first kappa shape index (κ1) is 14.8. The maximum absolute atomic E-state index is 10.5. The Morgan fingerprint density at radius 3 is 2.79 bits per heavy atom. The van der Waals surface area contributed by atoms with Gasteiger partial charge in [0.2, 0.25) is 0 Å². The van der Waals surface area contributed by atoms with Crippen molar-refractivity contribution in [1.29, 1.82) is 5.26 Å². The molecule has 0 saturated heterocycles. The molecule has 0 aromatic heterocycles. The first-order valence-corrected chi connectivity index (χ1v) is 6.22. The van der Waals surface area contributed by atoms with Gasteiger partial charge in [-0.25, -0.2) is 4.79 Å². The number of nitrogens with zero attached hydrogens (tertiary/aromatic N) is 2. The Balaban J connectivity index is 2.92. The highest BCUT2D eigenvalue weighted by atomic mass is 16.4. The Kier molecular flexibility index (Phi) is 5.62. The first-order chi connectivity index (χ1) is 9.08. The van der Waals surface area contributed by atoms with Gasteiger partial charge in [0.15, 0.2) is 0 Å². The summed E-state index contributed by atoms with van der Waals surface area (Å²) < 4.78 is 0. The van der Waals surface area contributed by atoms with Gasteiger partial charge in [0.05, 0.1) is 12.5 Å². The molecule has 0 saturated carbocycles. The molecule has 0 heterocycles. The monoisotopic (exact) mass is 258 g/mol. The third kappa shape index (κ3) is 4.47. The zero-order valence-corrected chi connectivity index (χ0v) is 11.3. The minimum atomic E-state index is -0.951. The van der Waals surface area contributed by atoms with E-state index >= 15 is 0 Å². The standard InChI is InChI=1S/C15H18N2O2/c1-3-17(10-4-9-16)14-7-5-13(12(2)11-14)6-8-15(18)19/h5-8,11H,3-4,10H2,1-2H3,(H,18,19)/b8-6+. The second kappa shape index (κ2) is 7.22. The van der Waals surface area contributed by atoms with Crippen molar-refractivity contribution in [3.63, 3.8) is 0 Å². The molecule has 1 rings (SSSR count). The second-order valence-electron chi connectivity index (χ2n) is 4.20. The smallest absolute Gasteiger partial charge is 0.328 e. The molecule has 19 heavy (non-hydrogen) atoms. The summed E-state index contributed by atoms with van der Waals surface area (Å²) in [6.07, 6.45) is 3.22. The van der Waals surface area contributed by atoms with Crippen molar-refractivity contribution in [2.24, 2.45) is 0 Å². The predicted octanol–water partition coefficient (Wildman–Crippen LogP) is 2.83. The molecule has 0 spiro atoms. The van der Waals surface area contributed by atoms with Gasteiger partial charge in [0.25, 0.3) is 0 Å². The number of rotatable bonds is 6. The van der Waals surface area contributed by atoms with Gasteiger partial charge < -0.3 is 10.0 Å². The van der Waals surface area contributed by atoms with Gasteiger partial charge in [-0.15, -0.1) is 0 Å². The number of hydrogen-bond donors (Lipinski definition) is 1. The highest BCUT2D eigenvalue weighted by Gasteiger charge is 2.05. The fourth-order valence-electron chi connectivity index (χ4n) is 1.86. The summed E-state index contributed by atoms with van der Waals surface area (Å²) in [4.78, 5) is 12.6. The van der Waals surface area contributed by atoms with E-state index in [1.165, 1.54) is 0 Å².